The van der Waals surface area contributed by atoms with Crippen LogP contribution >= 0.6 is 0 Å². The number of aryl methyl sites for hydroxylation is 1. The second-order valence-electron chi connectivity index (χ2n) is 9.45. The normalized spacial score (nSPS) is 18.1. The monoisotopic (exact) mass is 547 g/mol. The van der Waals surface area contributed by atoms with Crippen molar-refractivity contribution in [3.8, 4) is 22.8 Å². The molecule has 0 fully saturated rings. The first-order valence-corrected chi connectivity index (χ1v) is 11.7. The molecule has 206 valence electrons. The molecule has 1 aliphatic heterocycles. The molecule has 0 radical (unpaired) electrons. The third-order valence-corrected chi connectivity index (χ3v) is 6.79. The standard InChI is InChI=1S/C27H25F4N3O5/c1-14-10-16(6-9-19(14)38-3)23(35)33-12-26(37,27(29,30)31)20-11-18-22(39-13-25(18,2)24(32)36)21(34-20)15-4-7-17(28)8-5-15/h4-11,37H,12-13H2,1-3H3,(H2,32,36)(H,33,35)/t25-,26-/m0/s1. The van der Waals surface area contributed by atoms with Gasteiger partial charge in [0.2, 0.25) is 11.5 Å². The van der Waals surface area contributed by atoms with Crippen molar-refractivity contribution >= 4 is 11.8 Å². The largest absolute Gasteiger partial charge is 0.496 e. The van der Waals surface area contributed by atoms with Gasteiger partial charge < -0.3 is 25.6 Å². The quantitative estimate of drug-likeness (QED) is 0.389. The van der Waals surface area contributed by atoms with Crippen molar-refractivity contribution in [3.05, 3.63) is 76.7 Å². The number of methoxy groups -OCH3 is 1. The molecule has 12 heteroatoms. The number of hydrogen-bond acceptors (Lipinski definition) is 6. The number of fused-ring (bicyclic) bond motifs is 1. The fourth-order valence-electron chi connectivity index (χ4n) is 4.27. The Morgan fingerprint density at radius 1 is 1.18 bits per heavy atom. The number of alkyl halides is 3. The molecule has 1 aliphatic rings. The summed E-state index contributed by atoms with van der Waals surface area (Å²) in [7, 11) is 1.43. The Morgan fingerprint density at radius 2 is 1.85 bits per heavy atom. The Hall–Kier alpha value is -4.19. The minimum Gasteiger partial charge on any atom is -0.496 e. The molecule has 39 heavy (non-hydrogen) atoms. The Bertz CT molecular complexity index is 1440. The molecule has 2 amide bonds. The van der Waals surface area contributed by atoms with Crippen molar-refractivity contribution in [1.82, 2.24) is 10.3 Å². The van der Waals surface area contributed by atoms with E-state index in [9.17, 15) is 32.3 Å². The van der Waals surface area contributed by atoms with Crippen LogP contribution in [0.15, 0.2) is 48.5 Å². The number of rotatable bonds is 7. The summed E-state index contributed by atoms with van der Waals surface area (Å²) in [4.78, 5) is 29.1. The van der Waals surface area contributed by atoms with Crippen LogP contribution in [0.4, 0.5) is 17.6 Å². The molecule has 2 aromatic carbocycles. The Labute approximate surface area is 220 Å². The molecule has 4 rings (SSSR count). The van der Waals surface area contributed by atoms with E-state index >= 15 is 0 Å². The Balaban J connectivity index is 1.81. The van der Waals surface area contributed by atoms with Crippen LogP contribution in [-0.2, 0) is 15.8 Å². The van der Waals surface area contributed by atoms with Crippen LogP contribution in [0.3, 0.4) is 0 Å². The zero-order valence-corrected chi connectivity index (χ0v) is 21.1. The third-order valence-electron chi connectivity index (χ3n) is 6.79. The molecule has 2 atom stereocenters. The van der Waals surface area contributed by atoms with Gasteiger partial charge >= 0.3 is 6.18 Å². The number of pyridine rings is 1. The van der Waals surface area contributed by atoms with Gasteiger partial charge in [0.25, 0.3) is 5.91 Å². The summed E-state index contributed by atoms with van der Waals surface area (Å²) in [5.74, 6) is -1.89. The van der Waals surface area contributed by atoms with E-state index in [1.54, 1.807) is 6.92 Å². The second-order valence-corrected chi connectivity index (χ2v) is 9.45. The van der Waals surface area contributed by atoms with Gasteiger partial charge in [0.1, 0.15) is 35.0 Å². The van der Waals surface area contributed by atoms with E-state index in [4.69, 9.17) is 15.2 Å². The minimum atomic E-state index is -5.32. The molecule has 0 saturated heterocycles. The van der Waals surface area contributed by atoms with Gasteiger partial charge in [0.05, 0.1) is 19.3 Å². The van der Waals surface area contributed by atoms with Crippen molar-refractivity contribution in [2.75, 3.05) is 20.3 Å². The summed E-state index contributed by atoms with van der Waals surface area (Å²) >= 11 is 0. The lowest BCUT2D eigenvalue weighted by molar-refractivity contribution is -0.265. The molecule has 0 unspecified atom stereocenters. The van der Waals surface area contributed by atoms with Crippen LogP contribution in [0.2, 0.25) is 0 Å². The summed E-state index contributed by atoms with van der Waals surface area (Å²) in [5.41, 5.74) is 0.0237. The van der Waals surface area contributed by atoms with E-state index in [1.165, 1.54) is 44.4 Å². The number of aliphatic hydroxyl groups is 1. The lowest BCUT2D eigenvalue weighted by atomic mass is 9.81. The van der Waals surface area contributed by atoms with E-state index in [2.05, 4.69) is 10.3 Å². The lowest BCUT2D eigenvalue weighted by Gasteiger charge is -2.31. The average molecular weight is 548 g/mol. The predicted octanol–water partition coefficient (Wildman–Crippen LogP) is 3.52. The van der Waals surface area contributed by atoms with Crippen molar-refractivity contribution in [3.63, 3.8) is 0 Å². The van der Waals surface area contributed by atoms with Crippen LogP contribution in [0.5, 0.6) is 11.5 Å². The van der Waals surface area contributed by atoms with Gasteiger partial charge in [-0.25, -0.2) is 9.37 Å². The number of nitrogens with zero attached hydrogens (tertiary/aromatic N) is 1. The number of hydrogen-bond donors (Lipinski definition) is 3. The van der Waals surface area contributed by atoms with Gasteiger partial charge in [0.15, 0.2) is 0 Å². The number of primary amides is 1. The zero-order chi connectivity index (χ0) is 28.8. The van der Waals surface area contributed by atoms with Gasteiger partial charge in [0, 0.05) is 16.7 Å². The first-order chi connectivity index (χ1) is 18.2. The molecule has 4 N–H and O–H groups in total. The topological polar surface area (TPSA) is 124 Å². The van der Waals surface area contributed by atoms with Crippen LogP contribution in [0.25, 0.3) is 11.3 Å². The predicted molar refractivity (Wildman–Crippen MR) is 132 cm³/mol. The third kappa shape index (κ3) is 4.87. The van der Waals surface area contributed by atoms with Gasteiger partial charge in [-0.1, -0.05) is 0 Å². The molecule has 1 aromatic heterocycles. The van der Waals surface area contributed by atoms with E-state index < -0.39 is 47.1 Å². The van der Waals surface area contributed by atoms with Gasteiger partial charge in [-0.3, -0.25) is 9.59 Å². The summed E-state index contributed by atoms with van der Waals surface area (Å²) in [5, 5.41) is 13.2. The highest BCUT2D eigenvalue weighted by Gasteiger charge is 2.57. The number of carbonyl (C=O) groups excluding carboxylic acids is 2. The molecule has 8 nitrogen and oxygen atoms in total. The van der Waals surface area contributed by atoms with Crippen LogP contribution < -0.4 is 20.5 Å². The molecule has 0 aliphatic carbocycles. The van der Waals surface area contributed by atoms with Crippen LogP contribution in [-0.4, -0.2) is 48.3 Å². The number of carbonyl (C=O) groups is 2. The Kier molecular flexibility index (Phi) is 7.02. The number of halogens is 4. The zero-order valence-electron chi connectivity index (χ0n) is 21.1. The lowest BCUT2D eigenvalue weighted by Crippen LogP contribution is -2.51. The van der Waals surface area contributed by atoms with Crippen LogP contribution in [0.1, 0.15) is 34.1 Å². The maximum atomic E-state index is 14.5. The molecule has 0 bridgehead atoms. The highest BCUT2D eigenvalue weighted by atomic mass is 19.4. The van der Waals surface area contributed by atoms with Crippen molar-refractivity contribution in [2.45, 2.75) is 31.0 Å². The Morgan fingerprint density at radius 3 is 2.41 bits per heavy atom. The van der Waals surface area contributed by atoms with E-state index in [0.29, 0.717) is 11.3 Å². The van der Waals surface area contributed by atoms with E-state index in [-0.39, 0.29) is 34.7 Å². The molecule has 0 spiro atoms. The smallest absolute Gasteiger partial charge is 0.424 e. The number of nitrogens with two attached hydrogens (primary N) is 1. The first-order valence-electron chi connectivity index (χ1n) is 11.7. The maximum Gasteiger partial charge on any atom is 0.424 e. The molecular formula is C27H25F4N3O5. The first kappa shape index (κ1) is 27.8. The summed E-state index contributed by atoms with van der Waals surface area (Å²) < 4.78 is 67.7. The summed E-state index contributed by atoms with van der Waals surface area (Å²) in [6, 6.07) is 9.87. The van der Waals surface area contributed by atoms with Crippen LogP contribution in [0, 0.1) is 12.7 Å². The fourth-order valence-corrected chi connectivity index (χ4v) is 4.27. The average Bonchev–Trinajstić information content (AvgIpc) is 3.24. The van der Waals surface area contributed by atoms with Gasteiger partial charge in [-0.15, -0.1) is 0 Å². The number of ether oxygens (including phenoxy) is 2. The molecule has 0 saturated carbocycles. The van der Waals surface area contributed by atoms with Gasteiger partial charge in [-0.05, 0) is 67.9 Å². The molecule has 3 aromatic rings. The number of benzene rings is 2. The molecular weight excluding hydrogens is 522 g/mol. The fraction of sp³-hybridized carbons (Fsp3) is 0.296. The SMILES string of the molecule is COc1ccc(C(=O)NC[C@](O)(c2cc3c(c(-c4ccc(F)cc4)n2)OC[C@]3(C)C(N)=O)C(F)(F)F)cc1C. The minimum absolute atomic E-state index is 0.0195. The van der Waals surface area contributed by atoms with Crippen molar-refractivity contribution < 1.29 is 41.7 Å². The number of amides is 2. The maximum absolute atomic E-state index is 14.5. The highest BCUT2D eigenvalue weighted by molar-refractivity contribution is 5.94. The van der Waals surface area contributed by atoms with Crippen molar-refractivity contribution in [2.24, 2.45) is 5.73 Å². The van der Waals surface area contributed by atoms with E-state index in [0.717, 1.165) is 18.2 Å². The summed E-state index contributed by atoms with van der Waals surface area (Å²) in [6.45, 7) is 1.46. The summed E-state index contributed by atoms with van der Waals surface area (Å²) in [6.07, 6.45) is -5.32. The highest BCUT2D eigenvalue weighted by Crippen LogP contribution is 2.47. The molecule has 2 heterocycles. The van der Waals surface area contributed by atoms with Gasteiger partial charge in [-0.2, -0.15) is 13.2 Å². The number of aromatic nitrogens is 1. The van der Waals surface area contributed by atoms with E-state index in [1.807, 2.05) is 0 Å². The number of nitrogens with one attached hydrogen (secondary N) is 1. The van der Waals surface area contributed by atoms with Crippen molar-refractivity contribution in [1.29, 1.82) is 0 Å². The second kappa shape index (κ2) is 9.84.